The average Bonchev–Trinajstić information content (AvgIpc) is 2.93. The Labute approximate surface area is 103 Å². The summed E-state index contributed by atoms with van der Waals surface area (Å²) in [6, 6.07) is 0. The molecule has 18 heavy (non-hydrogen) atoms. The Hall–Kier alpha value is -2.37. The number of rotatable bonds is 2. The molecule has 92 valence electrons. The average molecular weight is 243 g/mol. The first-order valence-corrected chi connectivity index (χ1v) is 5.77. The standard InChI is InChI=1S/C12H13N5O/c1-3-13-12(18)7-4-14-11-9(7)10-8(5-15-11)16-6-17(10)2/h4-6H,3H2,1-2H3,(H,13,18)(H,14,15). The zero-order valence-corrected chi connectivity index (χ0v) is 10.2. The van der Waals surface area contributed by atoms with Crippen LogP contribution in [0, 0.1) is 0 Å². The van der Waals surface area contributed by atoms with Gasteiger partial charge in [0.2, 0.25) is 0 Å². The maximum atomic E-state index is 12.0. The van der Waals surface area contributed by atoms with Crippen molar-refractivity contribution >= 4 is 28.0 Å². The number of fused-ring (bicyclic) bond motifs is 3. The molecule has 0 radical (unpaired) electrons. The summed E-state index contributed by atoms with van der Waals surface area (Å²) in [6.45, 7) is 2.49. The van der Waals surface area contributed by atoms with Gasteiger partial charge in [-0.15, -0.1) is 0 Å². The van der Waals surface area contributed by atoms with Crippen LogP contribution in [0.1, 0.15) is 17.3 Å². The molecule has 0 aliphatic heterocycles. The van der Waals surface area contributed by atoms with E-state index >= 15 is 0 Å². The van der Waals surface area contributed by atoms with E-state index < -0.39 is 0 Å². The zero-order chi connectivity index (χ0) is 12.7. The van der Waals surface area contributed by atoms with Crippen molar-refractivity contribution in [1.29, 1.82) is 0 Å². The van der Waals surface area contributed by atoms with Crippen LogP contribution in [0.5, 0.6) is 0 Å². The van der Waals surface area contributed by atoms with E-state index in [2.05, 4.69) is 20.3 Å². The lowest BCUT2D eigenvalue weighted by atomic mass is 10.2. The molecule has 6 nitrogen and oxygen atoms in total. The molecule has 0 unspecified atom stereocenters. The number of aryl methyl sites for hydroxylation is 1. The van der Waals surface area contributed by atoms with Gasteiger partial charge in [-0.1, -0.05) is 0 Å². The van der Waals surface area contributed by atoms with Crippen LogP contribution in [-0.4, -0.2) is 32.0 Å². The van der Waals surface area contributed by atoms with E-state index in [0.717, 1.165) is 16.4 Å². The van der Waals surface area contributed by atoms with Crippen LogP contribution in [0.2, 0.25) is 0 Å². The Balaban J connectivity index is 2.36. The van der Waals surface area contributed by atoms with Crippen molar-refractivity contribution in [2.75, 3.05) is 6.54 Å². The minimum absolute atomic E-state index is 0.0979. The molecule has 3 aromatic heterocycles. The second-order valence-electron chi connectivity index (χ2n) is 4.13. The second-order valence-corrected chi connectivity index (χ2v) is 4.13. The fraction of sp³-hybridized carbons (Fsp3) is 0.250. The summed E-state index contributed by atoms with van der Waals surface area (Å²) in [6.07, 6.45) is 5.12. The summed E-state index contributed by atoms with van der Waals surface area (Å²) >= 11 is 0. The van der Waals surface area contributed by atoms with Gasteiger partial charge in [-0.05, 0) is 6.92 Å². The van der Waals surface area contributed by atoms with Gasteiger partial charge in [-0.25, -0.2) is 9.97 Å². The summed E-state index contributed by atoms with van der Waals surface area (Å²) in [4.78, 5) is 23.6. The third-order valence-corrected chi connectivity index (χ3v) is 2.96. The van der Waals surface area contributed by atoms with Gasteiger partial charge in [0.1, 0.15) is 11.2 Å². The summed E-state index contributed by atoms with van der Waals surface area (Å²) in [7, 11) is 1.91. The molecular formula is C12H13N5O. The molecule has 0 aromatic carbocycles. The van der Waals surface area contributed by atoms with Gasteiger partial charge >= 0.3 is 0 Å². The van der Waals surface area contributed by atoms with Gasteiger partial charge in [0.05, 0.1) is 29.0 Å². The highest BCUT2D eigenvalue weighted by Gasteiger charge is 2.16. The van der Waals surface area contributed by atoms with Crippen molar-refractivity contribution in [3.8, 4) is 0 Å². The molecule has 0 saturated heterocycles. The van der Waals surface area contributed by atoms with Crippen LogP contribution in [0.15, 0.2) is 18.7 Å². The first-order chi connectivity index (χ1) is 8.72. The number of H-pyrrole nitrogens is 1. The van der Waals surface area contributed by atoms with Crippen LogP contribution in [0.3, 0.4) is 0 Å². The van der Waals surface area contributed by atoms with Crippen LogP contribution in [0.25, 0.3) is 22.1 Å². The minimum Gasteiger partial charge on any atom is -0.352 e. The predicted octanol–water partition coefficient (Wildman–Crippen LogP) is 1.20. The Morgan fingerprint density at radius 1 is 1.50 bits per heavy atom. The SMILES string of the molecule is CCNC(=O)c1c[nH]c2ncc3ncn(C)c3c12. The number of pyridine rings is 1. The molecule has 2 N–H and O–H groups in total. The number of aromatic nitrogens is 4. The van der Waals surface area contributed by atoms with Crippen LogP contribution < -0.4 is 5.32 Å². The largest absolute Gasteiger partial charge is 0.352 e. The molecule has 3 heterocycles. The first kappa shape index (κ1) is 10.8. The number of imidazole rings is 1. The third-order valence-electron chi connectivity index (χ3n) is 2.96. The van der Waals surface area contributed by atoms with Crippen molar-refractivity contribution in [3.63, 3.8) is 0 Å². The van der Waals surface area contributed by atoms with Gasteiger partial charge in [0.25, 0.3) is 5.91 Å². The van der Waals surface area contributed by atoms with Crippen molar-refractivity contribution in [3.05, 3.63) is 24.3 Å². The molecule has 1 amide bonds. The number of carbonyl (C=O) groups is 1. The number of carbonyl (C=O) groups excluding carboxylic acids is 1. The number of hydrogen-bond donors (Lipinski definition) is 2. The summed E-state index contributed by atoms with van der Waals surface area (Å²) in [5.74, 6) is -0.0979. The maximum Gasteiger partial charge on any atom is 0.253 e. The van der Waals surface area contributed by atoms with Gasteiger partial charge in [-0.2, -0.15) is 0 Å². The van der Waals surface area contributed by atoms with Crippen LogP contribution >= 0.6 is 0 Å². The zero-order valence-electron chi connectivity index (χ0n) is 10.2. The number of nitrogens with one attached hydrogen (secondary N) is 2. The van der Waals surface area contributed by atoms with E-state index in [1.54, 1.807) is 18.7 Å². The lowest BCUT2D eigenvalue weighted by Crippen LogP contribution is -2.22. The van der Waals surface area contributed by atoms with Gasteiger partial charge < -0.3 is 14.9 Å². The molecule has 0 aliphatic rings. The van der Waals surface area contributed by atoms with Crippen molar-refractivity contribution < 1.29 is 4.79 Å². The van der Waals surface area contributed by atoms with Crippen molar-refractivity contribution in [1.82, 2.24) is 24.8 Å². The molecule has 0 atom stereocenters. The number of amides is 1. The second kappa shape index (κ2) is 3.83. The van der Waals surface area contributed by atoms with E-state index in [4.69, 9.17) is 0 Å². The Morgan fingerprint density at radius 2 is 2.33 bits per heavy atom. The highest BCUT2D eigenvalue weighted by molar-refractivity contribution is 6.14. The molecular weight excluding hydrogens is 230 g/mol. The first-order valence-electron chi connectivity index (χ1n) is 5.77. The Bertz CT molecular complexity index is 739. The number of nitrogens with zero attached hydrogens (tertiary/aromatic N) is 3. The quantitative estimate of drug-likeness (QED) is 0.710. The highest BCUT2D eigenvalue weighted by atomic mass is 16.1. The number of hydrogen-bond acceptors (Lipinski definition) is 3. The molecule has 0 saturated carbocycles. The van der Waals surface area contributed by atoms with Crippen molar-refractivity contribution in [2.45, 2.75) is 6.92 Å². The summed E-state index contributed by atoms with van der Waals surface area (Å²) in [5, 5.41) is 3.62. The minimum atomic E-state index is -0.0979. The lowest BCUT2D eigenvalue weighted by Gasteiger charge is -2.02. The Kier molecular flexibility index (Phi) is 2.29. The van der Waals surface area contributed by atoms with Gasteiger partial charge in [0, 0.05) is 19.8 Å². The van der Waals surface area contributed by atoms with E-state index in [1.807, 2.05) is 18.5 Å². The van der Waals surface area contributed by atoms with Gasteiger partial charge in [-0.3, -0.25) is 4.79 Å². The predicted molar refractivity (Wildman–Crippen MR) is 68.4 cm³/mol. The normalized spacial score (nSPS) is 11.2. The fourth-order valence-corrected chi connectivity index (χ4v) is 2.16. The molecule has 0 spiro atoms. The van der Waals surface area contributed by atoms with Crippen LogP contribution in [0.4, 0.5) is 0 Å². The molecule has 0 aliphatic carbocycles. The molecule has 3 aromatic rings. The molecule has 3 rings (SSSR count). The van der Waals surface area contributed by atoms with E-state index in [-0.39, 0.29) is 5.91 Å². The third kappa shape index (κ3) is 1.38. The maximum absolute atomic E-state index is 12.0. The van der Waals surface area contributed by atoms with Gasteiger partial charge in [0.15, 0.2) is 0 Å². The highest BCUT2D eigenvalue weighted by Crippen LogP contribution is 2.25. The molecule has 6 heteroatoms. The molecule has 0 bridgehead atoms. The summed E-state index contributed by atoms with van der Waals surface area (Å²) in [5.41, 5.74) is 3.01. The topological polar surface area (TPSA) is 75.6 Å². The fourth-order valence-electron chi connectivity index (χ4n) is 2.16. The van der Waals surface area contributed by atoms with Crippen molar-refractivity contribution in [2.24, 2.45) is 7.05 Å². The lowest BCUT2D eigenvalue weighted by molar-refractivity contribution is 0.0957. The smallest absolute Gasteiger partial charge is 0.253 e. The van der Waals surface area contributed by atoms with E-state index in [9.17, 15) is 4.79 Å². The number of aromatic amines is 1. The molecule has 0 fully saturated rings. The summed E-state index contributed by atoms with van der Waals surface area (Å²) < 4.78 is 1.90. The monoisotopic (exact) mass is 243 g/mol. The van der Waals surface area contributed by atoms with E-state index in [0.29, 0.717) is 17.8 Å². The van der Waals surface area contributed by atoms with E-state index in [1.165, 1.54) is 0 Å². The Morgan fingerprint density at radius 3 is 3.11 bits per heavy atom. The van der Waals surface area contributed by atoms with Crippen LogP contribution in [-0.2, 0) is 7.05 Å².